The SMILES string of the molecule is COc1cccc2c1[C@H]1C=C[C@@H]2O1. The molecule has 0 amide bonds. The zero-order valence-electron chi connectivity index (χ0n) is 7.36. The van der Waals surface area contributed by atoms with Gasteiger partial charge in [-0.2, -0.15) is 0 Å². The Hall–Kier alpha value is -1.28. The van der Waals surface area contributed by atoms with Gasteiger partial charge in [0.05, 0.1) is 7.11 Å². The summed E-state index contributed by atoms with van der Waals surface area (Å²) in [6.45, 7) is 0. The molecule has 0 N–H and O–H groups in total. The van der Waals surface area contributed by atoms with Crippen molar-refractivity contribution in [3.8, 4) is 5.75 Å². The molecule has 13 heavy (non-hydrogen) atoms. The molecule has 0 aromatic heterocycles. The highest BCUT2D eigenvalue weighted by molar-refractivity contribution is 5.50. The Balaban J connectivity index is 2.23. The van der Waals surface area contributed by atoms with Gasteiger partial charge in [-0.3, -0.25) is 0 Å². The number of fused-ring (bicyclic) bond motifs is 5. The van der Waals surface area contributed by atoms with Crippen LogP contribution in [0.5, 0.6) is 5.75 Å². The van der Waals surface area contributed by atoms with Crippen molar-refractivity contribution < 1.29 is 9.47 Å². The van der Waals surface area contributed by atoms with Crippen LogP contribution in [0, 0.1) is 0 Å². The summed E-state index contributed by atoms with van der Waals surface area (Å²) in [5.74, 6) is 0.939. The lowest BCUT2D eigenvalue weighted by atomic mass is 9.96. The summed E-state index contributed by atoms with van der Waals surface area (Å²) in [4.78, 5) is 0. The Bertz CT molecular complexity index is 382. The molecule has 1 aromatic carbocycles. The molecule has 2 aliphatic rings. The Morgan fingerprint density at radius 2 is 2.08 bits per heavy atom. The summed E-state index contributed by atoms with van der Waals surface area (Å²) in [6.07, 6.45) is 4.48. The fraction of sp³-hybridized carbons (Fsp3) is 0.273. The van der Waals surface area contributed by atoms with Gasteiger partial charge in [-0.15, -0.1) is 0 Å². The minimum absolute atomic E-state index is 0.121. The molecule has 0 saturated carbocycles. The van der Waals surface area contributed by atoms with E-state index in [1.807, 2.05) is 12.1 Å². The van der Waals surface area contributed by atoms with E-state index in [2.05, 4.69) is 18.2 Å². The molecule has 2 atom stereocenters. The van der Waals surface area contributed by atoms with Crippen LogP contribution in [0.15, 0.2) is 30.4 Å². The zero-order chi connectivity index (χ0) is 8.84. The van der Waals surface area contributed by atoms with Gasteiger partial charge in [-0.25, -0.2) is 0 Å². The molecule has 1 aromatic rings. The minimum atomic E-state index is 0.121. The monoisotopic (exact) mass is 174 g/mol. The number of hydrogen-bond donors (Lipinski definition) is 0. The third-order valence-corrected chi connectivity index (χ3v) is 2.66. The lowest BCUT2D eigenvalue weighted by molar-refractivity contribution is 0.0870. The zero-order valence-corrected chi connectivity index (χ0v) is 7.36. The number of hydrogen-bond acceptors (Lipinski definition) is 2. The molecule has 2 aliphatic heterocycles. The maximum absolute atomic E-state index is 5.69. The van der Waals surface area contributed by atoms with Crippen molar-refractivity contribution in [2.75, 3.05) is 7.11 Å². The first-order chi connectivity index (χ1) is 6.40. The number of methoxy groups -OCH3 is 1. The van der Waals surface area contributed by atoms with Crippen molar-refractivity contribution in [1.82, 2.24) is 0 Å². The molecule has 0 unspecified atom stereocenters. The highest BCUT2D eigenvalue weighted by Crippen LogP contribution is 2.49. The predicted molar refractivity (Wildman–Crippen MR) is 48.7 cm³/mol. The molecule has 2 bridgehead atoms. The van der Waals surface area contributed by atoms with Gasteiger partial charge in [0.25, 0.3) is 0 Å². The van der Waals surface area contributed by atoms with Gasteiger partial charge in [-0.1, -0.05) is 24.3 Å². The van der Waals surface area contributed by atoms with Crippen LogP contribution in [0.2, 0.25) is 0 Å². The van der Waals surface area contributed by atoms with Gasteiger partial charge in [0.2, 0.25) is 0 Å². The van der Waals surface area contributed by atoms with E-state index in [1.165, 1.54) is 11.1 Å². The largest absolute Gasteiger partial charge is 0.496 e. The maximum atomic E-state index is 5.69. The first-order valence-electron chi connectivity index (χ1n) is 4.41. The molecule has 2 nitrogen and oxygen atoms in total. The van der Waals surface area contributed by atoms with Gasteiger partial charge in [0.15, 0.2) is 0 Å². The fourth-order valence-electron chi connectivity index (χ4n) is 2.08. The molecular formula is C11H10O2. The second-order valence-electron chi connectivity index (χ2n) is 3.33. The molecule has 0 spiro atoms. The van der Waals surface area contributed by atoms with Crippen molar-refractivity contribution >= 4 is 0 Å². The quantitative estimate of drug-likeness (QED) is 0.608. The van der Waals surface area contributed by atoms with Gasteiger partial charge in [0, 0.05) is 5.56 Å². The summed E-state index contributed by atoms with van der Waals surface area (Å²) < 4.78 is 11.0. The Labute approximate surface area is 76.8 Å². The normalized spacial score (nSPS) is 27.8. The summed E-state index contributed by atoms with van der Waals surface area (Å²) >= 11 is 0. The predicted octanol–water partition coefficient (Wildman–Crippen LogP) is 2.38. The fourth-order valence-corrected chi connectivity index (χ4v) is 2.08. The van der Waals surface area contributed by atoms with Crippen LogP contribution in [0.25, 0.3) is 0 Å². The number of benzene rings is 1. The van der Waals surface area contributed by atoms with E-state index in [4.69, 9.17) is 9.47 Å². The highest BCUT2D eigenvalue weighted by atomic mass is 16.5. The first-order valence-corrected chi connectivity index (χ1v) is 4.41. The first kappa shape index (κ1) is 7.15. The standard InChI is InChI=1S/C11H10O2/c1-12-9-4-2-3-7-8-5-6-10(13-8)11(7)9/h2-6,8,10H,1H3/t8-,10+/m0/s1. The molecular weight excluding hydrogens is 164 g/mol. The van der Waals surface area contributed by atoms with Crippen LogP contribution in [0.1, 0.15) is 23.3 Å². The van der Waals surface area contributed by atoms with Gasteiger partial charge in [-0.05, 0) is 11.6 Å². The number of rotatable bonds is 1. The van der Waals surface area contributed by atoms with Gasteiger partial charge in [0.1, 0.15) is 18.0 Å². The van der Waals surface area contributed by atoms with E-state index >= 15 is 0 Å². The summed E-state index contributed by atoms with van der Waals surface area (Å²) in [5, 5.41) is 0. The second-order valence-corrected chi connectivity index (χ2v) is 3.33. The summed E-state index contributed by atoms with van der Waals surface area (Å²) in [6, 6.07) is 6.10. The van der Waals surface area contributed by atoms with Crippen LogP contribution >= 0.6 is 0 Å². The summed E-state index contributed by atoms with van der Waals surface area (Å²) in [7, 11) is 1.70. The lowest BCUT2D eigenvalue weighted by Gasteiger charge is -2.10. The highest BCUT2D eigenvalue weighted by Gasteiger charge is 2.35. The van der Waals surface area contributed by atoms with Crippen LogP contribution in [0.4, 0.5) is 0 Å². The number of ether oxygens (including phenoxy) is 2. The second kappa shape index (κ2) is 2.36. The summed E-state index contributed by atoms with van der Waals surface area (Å²) in [5.41, 5.74) is 2.46. The van der Waals surface area contributed by atoms with Crippen molar-refractivity contribution in [3.63, 3.8) is 0 Å². The van der Waals surface area contributed by atoms with Gasteiger partial charge >= 0.3 is 0 Å². The Morgan fingerprint density at radius 3 is 2.92 bits per heavy atom. The average Bonchev–Trinajstić information content (AvgIpc) is 2.77. The van der Waals surface area contributed by atoms with E-state index in [0.717, 1.165) is 5.75 Å². The van der Waals surface area contributed by atoms with Crippen LogP contribution in [-0.4, -0.2) is 7.11 Å². The van der Waals surface area contributed by atoms with E-state index in [1.54, 1.807) is 7.11 Å². The van der Waals surface area contributed by atoms with Crippen molar-refractivity contribution in [1.29, 1.82) is 0 Å². The third kappa shape index (κ3) is 0.810. The van der Waals surface area contributed by atoms with Crippen LogP contribution in [0.3, 0.4) is 0 Å². The van der Waals surface area contributed by atoms with Crippen molar-refractivity contribution in [2.24, 2.45) is 0 Å². The van der Waals surface area contributed by atoms with E-state index in [9.17, 15) is 0 Å². The average molecular weight is 174 g/mol. The Kier molecular flexibility index (Phi) is 1.30. The molecule has 66 valence electrons. The van der Waals surface area contributed by atoms with Gasteiger partial charge < -0.3 is 9.47 Å². The minimum Gasteiger partial charge on any atom is -0.496 e. The molecule has 0 radical (unpaired) electrons. The topological polar surface area (TPSA) is 18.5 Å². The van der Waals surface area contributed by atoms with E-state index in [0.29, 0.717) is 0 Å². The van der Waals surface area contributed by atoms with Crippen LogP contribution in [-0.2, 0) is 4.74 Å². The Morgan fingerprint density at radius 1 is 1.23 bits per heavy atom. The smallest absolute Gasteiger partial charge is 0.125 e. The lowest BCUT2D eigenvalue weighted by Crippen LogP contribution is -1.96. The molecule has 0 fully saturated rings. The molecule has 0 aliphatic carbocycles. The van der Waals surface area contributed by atoms with E-state index < -0.39 is 0 Å². The molecule has 2 heteroatoms. The maximum Gasteiger partial charge on any atom is 0.125 e. The third-order valence-electron chi connectivity index (χ3n) is 2.66. The molecule has 0 saturated heterocycles. The van der Waals surface area contributed by atoms with Crippen molar-refractivity contribution in [2.45, 2.75) is 12.2 Å². The van der Waals surface area contributed by atoms with Crippen molar-refractivity contribution in [3.05, 3.63) is 41.5 Å². The van der Waals surface area contributed by atoms with E-state index in [-0.39, 0.29) is 12.2 Å². The molecule has 2 heterocycles. The molecule has 3 rings (SSSR count). The van der Waals surface area contributed by atoms with Crippen LogP contribution < -0.4 is 4.74 Å².